The van der Waals surface area contributed by atoms with Gasteiger partial charge in [-0.3, -0.25) is 9.59 Å². The molecule has 34 heavy (non-hydrogen) atoms. The molecule has 0 aliphatic heterocycles. The van der Waals surface area contributed by atoms with E-state index in [1.165, 1.54) is 31.4 Å². The highest BCUT2D eigenvalue weighted by Crippen LogP contribution is 2.15. The first kappa shape index (κ1) is 27.6. The second-order valence-electron chi connectivity index (χ2n) is 8.71. The van der Waals surface area contributed by atoms with Crippen molar-refractivity contribution >= 4 is 11.8 Å². The number of ether oxygens (including phenoxy) is 1. The molecule has 0 saturated carbocycles. The third-order valence-corrected chi connectivity index (χ3v) is 5.77. The summed E-state index contributed by atoms with van der Waals surface area (Å²) < 4.78 is 24.2. The van der Waals surface area contributed by atoms with E-state index in [4.69, 9.17) is 9.15 Å². The summed E-state index contributed by atoms with van der Waals surface area (Å²) in [6, 6.07) is 9.77. The highest BCUT2D eigenvalue weighted by atomic mass is 19.1. The molecule has 2 aromatic rings. The predicted molar refractivity (Wildman–Crippen MR) is 131 cm³/mol. The van der Waals surface area contributed by atoms with Crippen LogP contribution in [0.15, 0.2) is 40.8 Å². The van der Waals surface area contributed by atoms with Crippen LogP contribution in [-0.4, -0.2) is 48.4 Å². The van der Waals surface area contributed by atoms with Crippen molar-refractivity contribution < 1.29 is 23.1 Å². The van der Waals surface area contributed by atoms with E-state index in [1.54, 1.807) is 29.0 Å². The third-order valence-electron chi connectivity index (χ3n) is 5.77. The number of carbonyl (C=O) groups is 2. The molecule has 0 radical (unpaired) electrons. The molecule has 0 aliphatic carbocycles. The van der Waals surface area contributed by atoms with Gasteiger partial charge in [0.05, 0.1) is 19.7 Å². The van der Waals surface area contributed by atoms with E-state index in [0.717, 1.165) is 30.6 Å². The van der Waals surface area contributed by atoms with Crippen LogP contribution in [0.1, 0.15) is 69.0 Å². The normalized spacial score (nSPS) is 10.9. The third kappa shape index (κ3) is 10.1. The first-order chi connectivity index (χ1) is 16.4. The zero-order chi connectivity index (χ0) is 24.8. The maximum atomic E-state index is 13.3. The SMILES string of the molecule is CCCCCCCCC(=O)N(CCOC)CC(=O)N(Cc1ccc(F)cc1)Cc1ccc(C)o1. The van der Waals surface area contributed by atoms with E-state index in [1.807, 2.05) is 19.1 Å². The summed E-state index contributed by atoms with van der Waals surface area (Å²) in [6.07, 6.45) is 7.02. The lowest BCUT2D eigenvalue weighted by atomic mass is 10.1. The molecule has 1 aromatic heterocycles. The maximum Gasteiger partial charge on any atom is 0.242 e. The van der Waals surface area contributed by atoms with Crippen molar-refractivity contribution in [3.63, 3.8) is 0 Å². The fourth-order valence-electron chi connectivity index (χ4n) is 3.77. The lowest BCUT2D eigenvalue weighted by molar-refractivity contribution is -0.142. The lowest BCUT2D eigenvalue weighted by Gasteiger charge is -2.27. The van der Waals surface area contributed by atoms with Crippen molar-refractivity contribution in [3.05, 3.63) is 59.3 Å². The molecule has 0 fully saturated rings. The fraction of sp³-hybridized carbons (Fsp3) is 0.556. The Morgan fingerprint density at radius 2 is 1.62 bits per heavy atom. The van der Waals surface area contributed by atoms with Crippen molar-refractivity contribution in [2.24, 2.45) is 0 Å². The molecule has 1 heterocycles. The van der Waals surface area contributed by atoms with Gasteiger partial charge in [0.25, 0.3) is 0 Å². The number of methoxy groups -OCH3 is 1. The van der Waals surface area contributed by atoms with Crippen molar-refractivity contribution in [2.75, 3.05) is 26.8 Å². The Labute approximate surface area is 203 Å². The van der Waals surface area contributed by atoms with E-state index >= 15 is 0 Å². The molecule has 6 nitrogen and oxygen atoms in total. The largest absolute Gasteiger partial charge is 0.464 e. The van der Waals surface area contributed by atoms with Crippen molar-refractivity contribution in [2.45, 2.75) is 71.9 Å². The minimum atomic E-state index is -0.325. The molecule has 7 heteroatoms. The van der Waals surface area contributed by atoms with Crippen LogP contribution in [0.25, 0.3) is 0 Å². The van der Waals surface area contributed by atoms with Crippen molar-refractivity contribution in [1.82, 2.24) is 9.80 Å². The van der Waals surface area contributed by atoms with Gasteiger partial charge >= 0.3 is 0 Å². The van der Waals surface area contributed by atoms with Crippen LogP contribution in [0.5, 0.6) is 0 Å². The lowest BCUT2D eigenvalue weighted by Crippen LogP contribution is -2.43. The first-order valence-electron chi connectivity index (χ1n) is 12.3. The van der Waals surface area contributed by atoms with Crippen LogP contribution in [-0.2, 0) is 27.4 Å². The average molecular weight is 475 g/mol. The zero-order valence-corrected chi connectivity index (χ0v) is 20.9. The maximum absolute atomic E-state index is 13.3. The molecule has 0 unspecified atom stereocenters. The Hall–Kier alpha value is -2.67. The van der Waals surface area contributed by atoms with E-state index < -0.39 is 0 Å². The van der Waals surface area contributed by atoms with Gasteiger partial charge < -0.3 is 19.0 Å². The number of furan rings is 1. The van der Waals surface area contributed by atoms with Crippen LogP contribution >= 0.6 is 0 Å². The molecule has 2 amide bonds. The minimum absolute atomic E-state index is 0.0289. The quantitative estimate of drug-likeness (QED) is 0.302. The van der Waals surface area contributed by atoms with Gasteiger partial charge in [0, 0.05) is 26.6 Å². The van der Waals surface area contributed by atoms with Crippen LogP contribution in [0.2, 0.25) is 0 Å². The van der Waals surface area contributed by atoms with E-state index in [2.05, 4.69) is 6.92 Å². The number of amides is 2. The Morgan fingerprint density at radius 1 is 0.912 bits per heavy atom. The summed E-state index contributed by atoms with van der Waals surface area (Å²) in [5.41, 5.74) is 0.805. The molecule has 1 aromatic carbocycles. The van der Waals surface area contributed by atoms with Gasteiger partial charge in [-0.2, -0.15) is 0 Å². The monoisotopic (exact) mass is 474 g/mol. The fourth-order valence-corrected chi connectivity index (χ4v) is 3.77. The summed E-state index contributed by atoms with van der Waals surface area (Å²) in [5.74, 6) is 0.881. The van der Waals surface area contributed by atoms with Gasteiger partial charge in [0.15, 0.2) is 0 Å². The number of carbonyl (C=O) groups excluding carboxylic acids is 2. The number of unbranched alkanes of at least 4 members (excludes halogenated alkanes) is 5. The highest BCUT2D eigenvalue weighted by Gasteiger charge is 2.22. The second kappa shape index (κ2) is 15.3. The van der Waals surface area contributed by atoms with Crippen molar-refractivity contribution in [3.8, 4) is 0 Å². The zero-order valence-electron chi connectivity index (χ0n) is 20.9. The highest BCUT2D eigenvalue weighted by molar-refractivity contribution is 5.84. The first-order valence-corrected chi connectivity index (χ1v) is 12.3. The molecular formula is C27H39FN2O4. The predicted octanol–water partition coefficient (Wildman–Crippen LogP) is 5.48. The number of hydrogen-bond acceptors (Lipinski definition) is 4. The molecule has 0 aliphatic rings. The summed E-state index contributed by atoms with van der Waals surface area (Å²) in [6.45, 7) is 5.30. The molecule has 0 saturated heterocycles. The van der Waals surface area contributed by atoms with Gasteiger partial charge in [-0.1, -0.05) is 51.2 Å². The Morgan fingerprint density at radius 3 is 2.26 bits per heavy atom. The summed E-state index contributed by atoms with van der Waals surface area (Å²) in [4.78, 5) is 29.4. The Kier molecular flexibility index (Phi) is 12.4. The van der Waals surface area contributed by atoms with Gasteiger partial charge in [-0.15, -0.1) is 0 Å². The van der Waals surface area contributed by atoms with Crippen molar-refractivity contribution in [1.29, 1.82) is 0 Å². The number of hydrogen-bond donors (Lipinski definition) is 0. The minimum Gasteiger partial charge on any atom is -0.464 e. The average Bonchev–Trinajstić information content (AvgIpc) is 3.24. The van der Waals surface area contributed by atoms with E-state index in [0.29, 0.717) is 31.9 Å². The van der Waals surface area contributed by atoms with Gasteiger partial charge in [-0.25, -0.2) is 4.39 Å². The number of halogens is 1. The number of aryl methyl sites for hydroxylation is 1. The van der Waals surface area contributed by atoms with Gasteiger partial charge in [-0.05, 0) is 43.2 Å². The summed E-state index contributed by atoms with van der Waals surface area (Å²) >= 11 is 0. The van der Waals surface area contributed by atoms with Crippen LogP contribution in [0.4, 0.5) is 4.39 Å². The molecule has 2 rings (SSSR count). The molecule has 188 valence electrons. The van der Waals surface area contributed by atoms with Gasteiger partial charge in [0.2, 0.25) is 11.8 Å². The van der Waals surface area contributed by atoms with Crippen LogP contribution in [0.3, 0.4) is 0 Å². The van der Waals surface area contributed by atoms with Crippen LogP contribution < -0.4 is 0 Å². The number of nitrogens with zero attached hydrogens (tertiary/aromatic N) is 2. The van der Waals surface area contributed by atoms with E-state index in [9.17, 15) is 14.0 Å². The number of benzene rings is 1. The molecule has 0 spiro atoms. The van der Waals surface area contributed by atoms with Gasteiger partial charge in [0.1, 0.15) is 17.3 Å². The second-order valence-corrected chi connectivity index (χ2v) is 8.71. The van der Waals surface area contributed by atoms with Crippen LogP contribution in [0, 0.1) is 12.7 Å². The Balaban J connectivity index is 2.04. The van der Waals surface area contributed by atoms with E-state index in [-0.39, 0.29) is 30.7 Å². The molecule has 0 N–H and O–H groups in total. The summed E-state index contributed by atoms with van der Waals surface area (Å²) in [5, 5.41) is 0. The molecule has 0 atom stereocenters. The Bertz CT molecular complexity index is 866. The molecular weight excluding hydrogens is 435 g/mol. The topological polar surface area (TPSA) is 63.0 Å². The molecule has 0 bridgehead atoms. The summed E-state index contributed by atoms with van der Waals surface area (Å²) in [7, 11) is 1.58. The smallest absolute Gasteiger partial charge is 0.242 e. The standard InChI is InChI=1S/C27H39FN2O4/c1-4-5-6-7-8-9-10-26(31)29(17-18-33-3)21-27(32)30(20-25-16-11-22(2)34-25)19-23-12-14-24(28)15-13-23/h11-16H,4-10,17-21H2,1-3H3. The number of rotatable bonds is 16.